The molecular weight excluding hydrogens is 200 g/mol. The molecule has 1 aromatic carbocycles. The summed E-state index contributed by atoms with van der Waals surface area (Å²) in [5, 5.41) is 0. The highest BCUT2D eigenvalue weighted by Crippen LogP contribution is 2.34. The summed E-state index contributed by atoms with van der Waals surface area (Å²) in [6.45, 7) is 11.9. The van der Waals surface area contributed by atoms with Gasteiger partial charge in [0, 0.05) is 0 Å². The highest BCUT2D eigenvalue weighted by Gasteiger charge is 2.22. The molecule has 0 saturated carbocycles. The Balaban J connectivity index is 2.42. The maximum atomic E-state index is 5.78. The van der Waals surface area contributed by atoms with Crippen LogP contribution in [0.1, 0.15) is 13.8 Å². The zero-order chi connectivity index (χ0) is 11.7. The molecule has 2 heteroatoms. The monoisotopic (exact) mass is 216 g/mol. The van der Waals surface area contributed by atoms with Crippen LogP contribution in [0, 0.1) is 0 Å². The van der Waals surface area contributed by atoms with Crippen molar-refractivity contribution in [3.05, 3.63) is 48.6 Å². The Morgan fingerprint density at radius 1 is 0.875 bits per heavy atom. The third-order valence-corrected chi connectivity index (χ3v) is 2.85. The molecule has 16 heavy (non-hydrogen) atoms. The average Bonchev–Trinajstić information content (AvgIpc) is 2.28. The van der Waals surface area contributed by atoms with Crippen molar-refractivity contribution in [3.8, 4) is 11.5 Å². The van der Waals surface area contributed by atoms with E-state index >= 15 is 0 Å². The van der Waals surface area contributed by atoms with Crippen molar-refractivity contribution >= 4 is 0 Å². The quantitative estimate of drug-likeness (QED) is 0.662. The highest BCUT2D eigenvalue weighted by atomic mass is 16.5. The summed E-state index contributed by atoms with van der Waals surface area (Å²) < 4.78 is 11.6. The van der Waals surface area contributed by atoms with Crippen molar-refractivity contribution in [3.63, 3.8) is 0 Å². The van der Waals surface area contributed by atoms with Gasteiger partial charge in [-0.1, -0.05) is 25.3 Å². The Morgan fingerprint density at radius 3 is 1.62 bits per heavy atom. The van der Waals surface area contributed by atoms with Gasteiger partial charge in [0.2, 0.25) is 0 Å². The Kier molecular flexibility index (Phi) is 2.73. The maximum Gasteiger partial charge on any atom is 0.162 e. The van der Waals surface area contributed by atoms with Gasteiger partial charge in [-0.05, 0) is 37.1 Å². The van der Waals surface area contributed by atoms with Gasteiger partial charge in [0.1, 0.15) is 12.2 Å². The van der Waals surface area contributed by atoms with Crippen LogP contribution in [0.2, 0.25) is 0 Å². The Labute approximate surface area is 96.2 Å². The third kappa shape index (κ3) is 1.83. The van der Waals surface area contributed by atoms with Gasteiger partial charge in [0.25, 0.3) is 0 Å². The van der Waals surface area contributed by atoms with Crippen LogP contribution in [-0.2, 0) is 0 Å². The average molecular weight is 216 g/mol. The van der Waals surface area contributed by atoms with Crippen LogP contribution in [0.4, 0.5) is 0 Å². The first kappa shape index (κ1) is 10.8. The lowest BCUT2D eigenvalue weighted by molar-refractivity contribution is 0.192. The number of fused-ring (bicyclic) bond motifs is 1. The van der Waals surface area contributed by atoms with E-state index in [-0.39, 0.29) is 12.2 Å². The van der Waals surface area contributed by atoms with Crippen LogP contribution in [0.3, 0.4) is 0 Å². The molecular formula is C14H16O2. The molecule has 2 unspecified atom stereocenters. The SMILES string of the molecule is C=C1C(=C)C(C)Oc2ccccc2OC1C. The second-order valence-electron chi connectivity index (χ2n) is 4.02. The molecule has 2 nitrogen and oxygen atoms in total. The van der Waals surface area contributed by atoms with E-state index in [2.05, 4.69) is 13.2 Å². The first-order valence-electron chi connectivity index (χ1n) is 5.40. The first-order valence-corrected chi connectivity index (χ1v) is 5.40. The molecule has 2 atom stereocenters. The lowest BCUT2D eigenvalue weighted by Crippen LogP contribution is -2.26. The summed E-state index contributed by atoms with van der Waals surface area (Å²) in [6.07, 6.45) is -0.139. The number of ether oxygens (including phenoxy) is 2. The summed E-state index contributed by atoms with van der Waals surface area (Å²) in [5.41, 5.74) is 1.78. The van der Waals surface area contributed by atoms with Gasteiger partial charge in [-0.3, -0.25) is 0 Å². The smallest absolute Gasteiger partial charge is 0.162 e. The lowest BCUT2D eigenvalue weighted by atomic mass is 10.00. The van der Waals surface area contributed by atoms with Crippen LogP contribution in [0.5, 0.6) is 11.5 Å². The van der Waals surface area contributed by atoms with Crippen LogP contribution in [0.15, 0.2) is 48.6 Å². The molecule has 84 valence electrons. The van der Waals surface area contributed by atoms with Gasteiger partial charge in [-0.15, -0.1) is 0 Å². The Bertz CT molecular complexity index is 393. The second kappa shape index (κ2) is 4.05. The summed E-state index contributed by atoms with van der Waals surface area (Å²) in [5.74, 6) is 1.52. The molecule has 0 fully saturated rings. The van der Waals surface area contributed by atoms with Gasteiger partial charge in [-0.25, -0.2) is 0 Å². The summed E-state index contributed by atoms with van der Waals surface area (Å²) in [4.78, 5) is 0. The molecule has 0 saturated heterocycles. The third-order valence-electron chi connectivity index (χ3n) is 2.85. The molecule has 0 aromatic heterocycles. The fourth-order valence-corrected chi connectivity index (χ4v) is 1.69. The molecule has 2 rings (SSSR count). The molecule has 0 N–H and O–H groups in total. The van der Waals surface area contributed by atoms with E-state index in [1.54, 1.807) is 0 Å². The van der Waals surface area contributed by atoms with Crippen LogP contribution < -0.4 is 9.47 Å². The second-order valence-corrected chi connectivity index (χ2v) is 4.02. The predicted molar refractivity (Wildman–Crippen MR) is 64.9 cm³/mol. The van der Waals surface area contributed by atoms with E-state index in [9.17, 15) is 0 Å². The van der Waals surface area contributed by atoms with E-state index in [1.807, 2.05) is 38.1 Å². The molecule has 0 amide bonds. The minimum atomic E-state index is -0.0694. The minimum absolute atomic E-state index is 0.0694. The van der Waals surface area contributed by atoms with Crippen molar-refractivity contribution in [2.24, 2.45) is 0 Å². The number of hydrogen-bond acceptors (Lipinski definition) is 2. The van der Waals surface area contributed by atoms with E-state index in [4.69, 9.17) is 9.47 Å². The van der Waals surface area contributed by atoms with Crippen molar-refractivity contribution in [2.45, 2.75) is 26.1 Å². The van der Waals surface area contributed by atoms with Gasteiger partial charge in [0.05, 0.1) is 0 Å². The van der Waals surface area contributed by atoms with Crippen molar-refractivity contribution < 1.29 is 9.47 Å². The number of rotatable bonds is 0. The molecule has 0 aliphatic carbocycles. The topological polar surface area (TPSA) is 18.5 Å². The normalized spacial score (nSPS) is 24.9. The summed E-state index contributed by atoms with van der Waals surface area (Å²) in [7, 11) is 0. The number of hydrogen-bond donors (Lipinski definition) is 0. The van der Waals surface area contributed by atoms with Gasteiger partial charge in [0.15, 0.2) is 11.5 Å². The van der Waals surface area contributed by atoms with E-state index in [0.29, 0.717) is 0 Å². The molecule has 1 aromatic rings. The molecule has 0 bridgehead atoms. The Hall–Kier alpha value is -1.70. The zero-order valence-electron chi connectivity index (χ0n) is 9.69. The van der Waals surface area contributed by atoms with Crippen molar-refractivity contribution in [1.29, 1.82) is 0 Å². The molecule has 0 radical (unpaired) electrons. The molecule has 1 aliphatic rings. The Morgan fingerprint density at radius 2 is 1.25 bits per heavy atom. The maximum absolute atomic E-state index is 5.78. The number of benzene rings is 1. The molecule has 1 aliphatic heterocycles. The predicted octanol–water partition coefficient (Wildman–Crippen LogP) is 3.35. The fraction of sp³-hybridized carbons (Fsp3) is 0.286. The summed E-state index contributed by atoms with van der Waals surface area (Å²) >= 11 is 0. The van der Waals surface area contributed by atoms with Gasteiger partial charge < -0.3 is 9.47 Å². The van der Waals surface area contributed by atoms with E-state index in [0.717, 1.165) is 22.6 Å². The highest BCUT2D eigenvalue weighted by molar-refractivity contribution is 5.44. The van der Waals surface area contributed by atoms with Crippen LogP contribution in [0.25, 0.3) is 0 Å². The molecule has 0 spiro atoms. The fourth-order valence-electron chi connectivity index (χ4n) is 1.69. The van der Waals surface area contributed by atoms with Gasteiger partial charge >= 0.3 is 0 Å². The molecule has 1 heterocycles. The zero-order valence-corrected chi connectivity index (χ0v) is 9.69. The summed E-state index contributed by atoms with van der Waals surface area (Å²) in [6, 6.07) is 7.66. The standard InChI is InChI=1S/C14H16O2/c1-9-10(2)12(4)16-14-8-6-5-7-13(14)15-11(9)3/h5-8,11-12H,1-2H2,3-4H3. The van der Waals surface area contributed by atoms with E-state index in [1.165, 1.54) is 0 Å². The van der Waals surface area contributed by atoms with Crippen molar-refractivity contribution in [1.82, 2.24) is 0 Å². The minimum Gasteiger partial charge on any atom is -0.482 e. The van der Waals surface area contributed by atoms with Gasteiger partial charge in [-0.2, -0.15) is 0 Å². The number of para-hydroxylation sites is 2. The largest absolute Gasteiger partial charge is 0.482 e. The van der Waals surface area contributed by atoms with E-state index < -0.39 is 0 Å². The van der Waals surface area contributed by atoms with Crippen molar-refractivity contribution in [2.75, 3.05) is 0 Å². The lowest BCUT2D eigenvalue weighted by Gasteiger charge is -2.28. The van der Waals surface area contributed by atoms with Crippen LogP contribution >= 0.6 is 0 Å². The van der Waals surface area contributed by atoms with Crippen LogP contribution in [-0.4, -0.2) is 12.2 Å². The first-order chi connectivity index (χ1) is 7.59.